The third-order valence-corrected chi connectivity index (χ3v) is 3.43. The molecule has 2 saturated carbocycles. The molecule has 0 aromatic carbocycles. The molecule has 4 nitrogen and oxygen atoms in total. The Balaban J connectivity index is 1.94. The molecule has 64 valence electrons. The predicted molar refractivity (Wildman–Crippen MR) is 36.2 cm³/mol. The molecule has 3 aliphatic rings. The minimum atomic E-state index is -0.844. The van der Waals surface area contributed by atoms with Gasteiger partial charge in [-0.05, 0) is 12.8 Å². The van der Waals surface area contributed by atoms with E-state index in [9.17, 15) is 9.59 Å². The number of aliphatic carboxylic acids is 1. The van der Waals surface area contributed by atoms with Crippen LogP contribution in [0.25, 0.3) is 0 Å². The summed E-state index contributed by atoms with van der Waals surface area (Å²) >= 11 is 0. The summed E-state index contributed by atoms with van der Waals surface area (Å²) in [7, 11) is 0. The van der Waals surface area contributed by atoms with Gasteiger partial charge in [-0.3, -0.25) is 9.59 Å². The summed E-state index contributed by atoms with van der Waals surface area (Å²) in [5, 5.41) is 8.78. The van der Waals surface area contributed by atoms with E-state index in [1.807, 2.05) is 0 Å². The zero-order valence-corrected chi connectivity index (χ0v) is 6.32. The van der Waals surface area contributed by atoms with Crippen LogP contribution in [-0.2, 0) is 14.3 Å². The van der Waals surface area contributed by atoms with Gasteiger partial charge in [0.2, 0.25) is 0 Å². The summed E-state index contributed by atoms with van der Waals surface area (Å²) < 4.78 is 5.00. The maximum atomic E-state index is 11.0. The fourth-order valence-corrected chi connectivity index (χ4v) is 2.76. The van der Waals surface area contributed by atoms with E-state index in [1.54, 1.807) is 0 Å². The third-order valence-electron chi connectivity index (χ3n) is 3.43. The lowest BCUT2D eigenvalue weighted by Gasteiger charge is -2.35. The Morgan fingerprint density at radius 2 is 2.42 bits per heavy atom. The minimum absolute atomic E-state index is 0.303. The molecule has 1 heterocycles. The standard InChI is InChI=1S/C8H8O4/c9-6(10)4-1-3-2-8(3)5(4)7(11)12-8/h3-5H,1-2H2,(H,9,10). The lowest BCUT2D eigenvalue weighted by atomic mass is 9.86. The highest BCUT2D eigenvalue weighted by atomic mass is 16.6. The monoisotopic (exact) mass is 168 g/mol. The smallest absolute Gasteiger partial charge is 0.314 e. The Morgan fingerprint density at radius 3 is 2.92 bits per heavy atom. The molecule has 1 N–H and O–H groups in total. The molecule has 0 bridgehead atoms. The minimum Gasteiger partial charge on any atom is -0.481 e. The van der Waals surface area contributed by atoms with Crippen molar-refractivity contribution in [3.8, 4) is 0 Å². The molecule has 2 aliphatic carbocycles. The molecule has 0 radical (unpaired) electrons. The van der Waals surface area contributed by atoms with Gasteiger partial charge in [0.05, 0.1) is 5.92 Å². The number of carboxylic acid groups (broad SMARTS) is 1. The van der Waals surface area contributed by atoms with Crippen LogP contribution in [-0.4, -0.2) is 22.6 Å². The van der Waals surface area contributed by atoms with Crippen LogP contribution in [0.4, 0.5) is 0 Å². The van der Waals surface area contributed by atoms with E-state index in [4.69, 9.17) is 9.84 Å². The first-order valence-electron chi connectivity index (χ1n) is 4.11. The van der Waals surface area contributed by atoms with Crippen molar-refractivity contribution in [3.05, 3.63) is 0 Å². The van der Waals surface area contributed by atoms with Crippen LogP contribution < -0.4 is 0 Å². The normalized spacial score (nSPS) is 53.3. The fraction of sp³-hybridized carbons (Fsp3) is 0.750. The highest BCUT2D eigenvalue weighted by molar-refractivity contribution is 5.89. The second-order valence-corrected chi connectivity index (χ2v) is 3.94. The quantitative estimate of drug-likeness (QED) is 0.561. The van der Waals surface area contributed by atoms with Gasteiger partial charge < -0.3 is 9.84 Å². The SMILES string of the molecule is O=C(O)C1CC2CC23OC(=O)C13. The van der Waals surface area contributed by atoms with Crippen molar-refractivity contribution in [1.82, 2.24) is 0 Å². The zero-order chi connectivity index (χ0) is 8.51. The van der Waals surface area contributed by atoms with Crippen LogP contribution >= 0.6 is 0 Å². The average Bonchev–Trinajstić information content (AvgIpc) is 2.58. The Hall–Kier alpha value is -1.06. The van der Waals surface area contributed by atoms with Crippen LogP contribution in [0.5, 0.6) is 0 Å². The van der Waals surface area contributed by atoms with E-state index in [0.717, 1.165) is 6.42 Å². The van der Waals surface area contributed by atoms with E-state index in [-0.39, 0.29) is 17.5 Å². The van der Waals surface area contributed by atoms with E-state index in [2.05, 4.69) is 0 Å². The maximum Gasteiger partial charge on any atom is 0.314 e. The first-order chi connectivity index (χ1) is 5.65. The Kier molecular flexibility index (Phi) is 0.812. The molecule has 1 spiro atoms. The lowest BCUT2D eigenvalue weighted by molar-refractivity contribution is -0.195. The molecule has 0 aromatic heterocycles. The molecule has 4 unspecified atom stereocenters. The number of ether oxygens (including phenoxy) is 1. The third kappa shape index (κ3) is 0.462. The highest BCUT2D eigenvalue weighted by Crippen LogP contribution is 2.69. The Labute approximate surface area is 68.5 Å². The second kappa shape index (κ2) is 1.51. The summed E-state index contributed by atoms with van der Waals surface area (Å²) in [4.78, 5) is 21.7. The lowest BCUT2D eigenvalue weighted by Crippen LogP contribution is -2.50. The van der Waals surface area contributed by atoms with Gasteiger partial charge >= 0.3 is 11.9 Å². The summed E-state index contributed by atoms with van der Waals surface area (Å²) in [6, 6.07) is 0. The van der Waals surface area contributed by atoms with E-state index in [0.29, 0.717) is 12.3 Å². The molecule has 0 amide bonds. The number of rotatable bonds is 1. The molecular formula is C8H8O4. The van der Waals surface area contributed by atoms with Crippen molar-refractivity contribution in [2.45, 2.75) is 18.4 Å². The van der Waals surface area contributed by atoms with Gasteiger partial charge in [-0.1, -0.05) is 0 Å². The maximum absolute atomic E-state index is 11.0. The van der Waals surface area contributed by atoms with E-state index in [1.165, 1.54) is 0 Å². The number of carboxylic acids is 1. The van der Waals surface area contributed by atoms with E-state index >= 15 is 0 Å². The van der Waals surface area contributed by atoms with Crippen LogP contribution in [0, 0.1) is 17.8 Å². The Bertz CT molecular complexity index is 297. The van der Waals surface area contributed by atoms with Gasteiger partial charge in [-0.2, -0.15) is 0 Å². The number of carbonyl (C=O) groups is 2. The van der Waals surface area contributed by atoms with Gasteiger partial charge in [0.25, 0.3) is 0 Å². The van der Waals surface area contributed by atoms with Gasteiger partial charge in [-0.15, -0.1) is 0 Å². The summed E-state index contributed by atoms with van der Waals surface area (Å²) in [6.45, 7) is 0. The Morgan fingerprint density at radius 1 is 1.67 bits per heavy atom. The number of hydrogen-bond acceptors (Lipinski definition) is 3. The number of esters is 1. The molecule has 3 rings (SSSR count). The fourth-order valence-electron chi connectivity index (χ4n) is 2.76. The van der Waals surface area contributed by atoms with Gasteiger partial charge in [0.15, 0.2) is 0 Å². The zero-order valence-electron chi connectivity index (χ0n) is 6.32. The topological polar surface area (TPSA) is 63.6 Å². The summed E-state index contributed by atoms with van der Waals surface area (Å²) in [5.74, 6) is -1.59. The average molecular weight is 168 g/mol. The number of hydrogen-bond donors (Lipinski definition) is 1. The second-order valence-electron chi connectivity index (χ2n) is 3.94. The van der Waals surface area contributed by atoms with Crippen molar-refractivity contribution >= 4 is 11.9 Å². The van der Waals surface area contributed by atoms with E-state index < -0.39 is 11.9 Å². The van der Waals surface area contributed by atoms with Gasteiger partial charge in [-0.25, -0.2) is 0 Å². The molecule has 0 aromatic rings. The van der Waals surface area contributed by atoms with Crippen LogP contribution in [0.2, 0.25) is 0 Å². The molecule has 1 aliphatic heterocycles. The molecule has 1 saturated heterocycles. The molecule has 4 heteroatoms. The van der Waals surface area contributed by atoms with Crippen LogP contribution in [0.1, 0.15) is 12.8 Å². The van der Waals surface area contributed by atoms with Crippen molar-refractivity contribution in [3.63, 3.8) is 0 Å². The molecular weight excluding hydrogens is 160 g/mol. The van der Waals surface area contributed by atoms with Crippen LogP contribution in [0.3, 0.4) is 0 Å². The van der Waals surface area contributed by atoms with Crippen molar-refractivity contribution in [2.24, 2.45) is 17.8 Å². The largest absolute Gasteiger partial charge is 0.481 e. The van der Waals surface area contributed by atoms with Gasteiger partial charge in [0, 0.05) is 5.92 Å². The molecule has 12 heavy (non-hydrogen) atoms. The molecule has 3 fully saturated rings. The highest BCUT2D eigenvalue weighted by Gasteiger charge is 2.79. The van der Waals surface area contributed by atoms with Crippen LogP contribution in [0.15, 0.2) is 0 Å². The summed E-state index contributed by atoms with van der Waals surface area (Å²) in [6.07, 6.45) is 1.53. The van der Waals surface area contributed by atoms with Crippen molar-refractivity contribution < 1.29 is 19.4 Å². The summed E-state index contributed by atoms with van der Waals surface area (Å²) in [5.41, 5.74) is -0.305. The molecule has 4 atom stereocenters. The first kappa shape index (κ1) is 6.46. The number of carbonyl (C=O) groups excluding carboxylic acids is 1. The van der Waals surface area contributed by atoms with Crippen molar-refractivity contribution in [1.29, 1.82) is 0 Å². The predicted octanol–water partition coefficient (Wildman–Crippen LogP) is 0.0226. The van der Waals surface area contributed by atoms with Crippen molar-refractivity contribution in [2.75, 3.05) is 0 Å². The van der Waals surface area contributed by atoms with Gasteiger partial charge in [0.1, 0.15) is 11.5 Å². The first-order valence-corrected chi connectivity index (χ1v) is 4.11.